The molecule has 0 radical (unpaired) electrons. The normalized spacial score (nSPS) is 19.8. The highest BCUT2D eigenvalue weighted by molar-refractivity contribution is 7.88. The maximum atomic E-state index is 12.5. The number of amides is 2. The van der Waals surface area contributed by atoms with Crippen molar-refractivity contribution in [3.05, 3.63) is 41.0 Å². The first-order chi connectivity index (χ1) is 19.2. The van der Waals surface area contributed by atoms with Gasteiger partial charge in [0.1, 0.15) is 24.3 Å². The van der Waals surface area contributed by atoms with Crippen LogP contribution in [0, 0.1) is 17.2 Å². The van der Waals surface area contributed by atoms with Crippen LogP contribution in [0.2, 0.25) is 0 Å². The monoisotopic (exact) mass is 570 g/mol. The molecule has 3 heterocycles. The molecule has 2 atom stereocenters. The van der Waals surface area contributed by atoms with Crippen molar-refractivity contribution < 1.29 is 32.2 Å². The molecule has 3 N–H and O–H groups in total. The van der Waals surface area contributed by atoms with Gasteiger partial charge in [-0.3, -0.25) is 9.69 Å². The Morgan fingerprint density at radius 3 is 2.90 bits per heavy atom. The van der Waals surface area contributed by atoms with E-state index in [0.29, 0.717) is 48.3 Å². The highest BCUT2D eigenvalue weighted by Gasteiger charge is 2.34. The molecule has 5 rings (SSSR count). The van der Waals surface area contributed by atoms with Crippen molar-refractivity contribution in [1.29, 1.82) is 5.26 Å². The minimum atomic E-state index is -3.28. The van der Waals surface area contributed by atoms with E-state index in [1.807, 2.05) is 6.07 Å². The lowest BCUT2D eigenvalue weighted by atomic mass is 10.0. The number of carbonyl (C=O) groups is 2. The van der Waals surface area contributed by atoms with Crippen LogP contribution in [0.15, 0.2) is 24.3 Å². The number of hydrogen-bond acceptors (Lipinski definition) is 10. The second kappa shape index (κ2) is 11.7. The van der Waals surface area contributed by atoms with Crippen molar-refractivity contribution in [3.8, 4) is 17.6 Å². The fourth-order valence-electron chi connectivity index (χ4n) is 5.05. The second-order valence-corrected chi connectivity index (χ2v) is 11.8. The van der Waals surface area contributed by atoms with Crippen LogP contribution in [0.3, 0.4) is 0 Å². The van der Waals surface area contributed by atoms with Gasteiger partial charge in [-0.15, -0.1) is 0 Å². The molecular formula is C26H30N6O7S. The number of cyclic esters (lactones) is 1. The quantitative estimate of drug-likeness (QED) is 0.330. The van der Waals surface area contributed by atoms with Crippen LogP contribution < -0.4 is 29.7 Å². The molecule has 1 aromatic carbocycles. The summed E-state index contributed by atoms with van der Waals surface area (Å²) in [6, 6.07) is 9.21. The molecule has 14 heteroatoms. The molecular weight excluding hydrogens is 540 g/mol. The van der Waals surface area contributed by atoms with Crippen molar-refractivity contribution in [2.45, 2.75) is 25.4 Å². The summed E-state index contributed by atoms with van der Waals surface area (Å²) in [5, 5.41) is 15.7. The Kier molecular flexibility index (Phi) is 8.06. The first kappa shape index (κ1) is 27.6. The largest absolute Gasteiger partial charge is 0.492 e. The first-order valence-corrected chi connectivity index (χ1v) is 14.8. The van der Waals surface area contributed by atoms with Gasteiger partial charge in [-0.1, -0.05) is 0 Å². The number of nitrogens with one attached hydrogen (secondary N) is 3. The third-order valence-corrected chi connectivity index (χ3v) is 7.59. The number of pyridine rings is 1. The van der Waals surface area contributed by atoms with Crippen molar-refractivity contribution in [1.82, 2.24) is 15.0 Å². The van der Waals surface area contributed by atoms with E-state index in [2.05, 4.69) is 26.4 Å². The summed E-state index contributed by atoms with van der Waals surface area (Å²) < 4.78 is 41.3. The predicted octanol–water partition coefficient (Wildman–Crippen LogP) is 0.932. The molecule has 0 bridgehead atoms. The van der Waals surface area contributed by atoms with Gasteiger partial charge in [-0.25, -0.2) is 22.9 Å². The predicted molar refractivity (Wildman–Crippen MR) is 144 cm³/mol. The summed E-state index contributed by atoms with van der Waals surface area (Å²) in [7, 11) is -3.28. The lowest BCUT2D eigenvalue weighted by Crippen LogP contribution is -2.30. The zero-order chi connectivity index (χ0) is 28.3. The molecule has 1 fully saturated rings. The SMILES string of the molecule is CS(=O)(=O)NCCOc1cc(C#N)c2c(c1)CC(CNCCC1CN(c3ccc4c(n3)NC(=O)CO4)C(=O)O1)C2. The number of anilines is 2. The number of fused-ring (bicyclic) bond motifs is 2. The molecule has 40 heavy (non-hydrogen) atoms. The van der Waals surface area contributed by atoms with Crippen LogP contribution in [0.4, 0.5) is 16.4 Å². The van der Waals surface area contributed by atoms with Gasteiger partial charge in [0, 0.05) is 6.54 Å². The number of nitriles is 1. The van der Waals surface area contributed by atoms with E-state index in [9.17, 15) is 23.3 Å². The Labute approximate surface area is 231 Å². The standard InChI is InChI=1S/C26H30N6O7S/c1-40(35,36)29-6-7-37-20-10-17-8-16(9-21(17)18(11-20)12-27)13-28-5-4-19-14-32(26(34)39-19)23-3-2-22-25(30-23)31-24(33)15-38-22/h2-3,10-11,16,19,28-29H,4-9,13-15H2,1H3,(H,30,31,33). The average Bonchev–Trinajstić information content (AvgIpc) is 3.50. The van der Waals surface area contributed by atoms with E-state index in [4.69, 9.17) is 14.2 Å². The summed E-state index contributed by atoms with van der Waals surface area (Å²) >= 11 is 0. The van der Waals surface area contributed by atoms with Gasteiger partial charge in [0.25, 0.3) is 5.91 Å². The summed E-state index contributed by atoms with van der Waals surface area (Å²) in [5.74, 6) is 1.69. The molecule has 0 saturated carbocycles. The number of sulfonamides is 1. The maximum Gasteiger partial charge on any atom is 0.415 e. The zero-order valence-corrected chi connectivity index (χ0v) is 22.8. The topological polar surface area (TPSA) is 172 Å². The Morgan fingerprint density at radius 2 is 2.10 bits per heavy atom. The van der Waals surface area contributed by atoms with Crippen molar-refractivity contribution in [3.63, 3.8) is 0 Å². The minimum Gasteiger partial charge on any atom is -0.492 e. The summed E-state index contributed by atoms with van der Waals surface area (Å²) in [4.78, 5) is 29.8. The van der Waals surface area contributed by atoms with Gasteiger partial charge in [0.15, 0.2) is 18.2 Å². The van der Waals surface area contributed by atoms with Crippen molar-refractivity contribution in [2.24, 2.45) is 5.92 Å². The molecule has 13 nitrogen and oxygen atoms in total. The minimum absolute atomic E-state index is 0.0658. The number of aromatic nitrogens is 1. The van der Waals surface area contributed by atoms with E-state index < -0.39 is 16.1 Å². The molecule has 2 aliphatic heterocycles. The van der Waals surface area contributed by atoms with Crippen LogP contribution in [-0.4, -0.2) is 77.2 Å². The van der Waals surface area contributed by atoms with Gasteiger partial charge < -0.3 is 24.8 Å². The average molecular weight is 571 g/mol. The lowest BCUT2D eigenvalue weighted by Gasteiger charge is -2.19. The number of carbonyl (C=O) groups excluding carboxylic acids is 2. The molecule has 2 amide bonds. The van der Waals surface area contributed by atoms with Crippen molar-refractivity contribution >= 4 is 33.7 Å². The van der Waals surface area contributed by atoms with E-state index in [1.165, 1.54) is 4.90 Å². The zero-order valence-electron chi connectivity index (χ0n) is 21.9. The van der Waals surface area contributed by atoms with Gasteiger partial charge in [-0.2, -0.15) is 5.26 Å². The Balaban J connectivity index is 1.07. The molecule has 2 unspecified atom stereocenters. The maximum absolute atomic E-state index is 12.5. The van der Waals surface area contributed by atoms with Crippen LogP contribution in [0.1, 0.15) is 23.1 Å². The van der Waals surface area contributed by atoms with E-state index in [1.54, 1.807) is 18.2 Å². The smallest absolute Gasteiger partial charge is 0.415 e. The van der Waals surface area contributed by atoms with E-state index in [-0.39, 0.29) is 37.6 Å². The number of ether oxygens (including phenoxy) is 3. The third kappa shape index (κ3) is 6.61. The van der Waals surface area contributed by atoms with Gasteiger partial charge >= 0.3 is 6.09 Å². The Morgan fingerprint density at radius 1 is 1.25 bits per heavy atom. The van der Waals surface area contributed by atoms with Gasteiger partial charge in [0.05, 0.1) is 24.4 Å². The van der Waals surface area contributed by atoms with Crippen LogP contribution in [-0.2, 0) is 32.4 Å². The highest BCUT2D eigenvalue weighted by Crippen LogP contribution is 2.33. The summed E-state index contributed by atoms with van der Waals surface area (Å²) in [6.45, 7) is 1.98. The van der Waals surface area contributed by atoms with Crippen LogP contribution in [0.5, 0.6) is 11.5 Å². The lowest BCUT2D eigenvalue weighted by molar-refractivity contribution is -0.118. The highest BCUT2D eigenvalue weighted by atomic mass is 32.2. The second-order valence-electron chi connectivity index (χ2n) is 9.97. The Hall–Kier alpha value is -3.93. The fraction of sp³-hybridized carbons (Fsp3) is 0.462. The molecule has 1 aromatic heterocycles. The molecule has 0 spiro atoms. The van der Waals surface area contributed by atoms with E-state index >= 15 is 0 Å². The Bertz CT molecular complexity index is 1460. The molecule has 3 aliphatic rings. The van der Waals surface area contributed by atoms with Crippen LogP contribution >= 0.6 is 0 Å². The number of benzene rings is 1. The third-order valence-electron chi connectivity index (χ3n) is 6.86. The summed E-state index contributed by atoms with van der Waals surface area (Å²) in [6.07, 6.45) is 2.50. The first-order valence-electron chi connectivity index (χ1n) is 12.9. The fourth-order valence-corrected chi connectivity index (χ4v) is 5.51. The molecule has 1 aliphatic carbocycles. The number of hydrogen-bond donors (Lipinski definition) is 3. The molecule has 212 valence electrons. The van der Waals surface area contributed by atoms with E-state index in [0.717, 1.165) is 36.8 Å². The van der Waals surface area contributed by atoms with Gasteiger partial charge in [-0.05, 0) is 73.7 Å². The van der Waals surface area contributed by atoms with Gasteiger partial charge in [0.2, 0.25) is 10.0 Å². The van der Waals surface area contributed by atoms with Crippen LogP contribution in [0.25, 0.3) is 0 Å². The molecule has 1 saturated heterocycles. The molecule has 2 aromatic rings. The number of rotatable bonds is 11. The van der Waals surface area contributed by atoms with Crippen molar-refractivity contribution in [2.75, 3.05) is 55.9 Å². The number of nitrogens with zero attached hydrogens (tertiary/aromatic N) is 3. The summed E-state index contributed by atoms with van der Waals surface area (Å²) in [5.41, 5.74) is 2.66.